The Morgan fingerprint density at radius 1 is 1.67 bits per heavy atom. The summed E-state index contributed by atoms with van der Waals surface area (Å²) in [5.41, 5.74) is 0.0195. The van der Waals surface area contributed by atoms with Crippen LogP contribution in [-0.4, -0.2) is 17.4 Å². The number of rotatable bonds is 4. The van der Waals surface area contributed by atoms with Crippen molar-refractivity contribution in [2.45, 2.75) is 6.92 Å². The molecule has 0 aromatic heterocycles. The average Bonchev–Trinajstić information content (AvgIpc) is 2.35. The Morgan fingerprint density at radius 2 is 2.33 bits per heavy atom. The van der Waals surface area contributed by atoms with Gasteiger partial charge in [0.25, 0.3) is 11.6 Å². The molecule has 0 saturated heterocycles. The largest absolute Gasteiger partial charge is 0.351 e. The van der Waals surface area contributed by atoms with Crippen LogP contribution in [0.15, 0.2) is 22.7 Å². The number of hydrogen-bond acceptors (Lipinski definition) is 4. The van der Waals surface area contributed by atoms with E-state index in [0.29, 0.717) is 4.47 Å². The van der Waals surface area contributed by atoms with Crippen LogP contribution in [0.2, 0.25) is 0 Å². The van der Waals surface area contributed by atoms with E-state index < -0.39 is 10.8 Å². The van der Waals surface area contributed by atoms with Gasteiger partial charge >= 0.3 is 0 Å². The van der Waals surface area contributed by atoms with Crippen LogP contribution >= 0.6 is 15.9 Å². The summed E-state index contributed by atoms with van der Waals surface area (Å²) in [4.78, 5) is 21.8. The van der Waals surface area contributed by atoms with Gasteiger partial charge in [-0.05, 0) is 35.0 Å². The molecular weight excluding hydrogens is 302 g/mol. The van der Waals surface area contributed by atoms with E-state index in [2.05, 4.69) is 21.2 Å². The van der Waals surface area contributed by atoms with Gasteiger partial charge < -0.3 is 5.32 Å². The number of benzene rings is 1. The highest BCUT2D eigenvalue weighted by Crippen LogP contribution is 2.25. The number of hydrogen-bond donors (Lipinski definition) is 1. The molecular formula is C11H10BrN3O3. The molecule has 1 N–H and O–H groups in total. The zero-order valence-electron chi connectivity index (χ0n) is 9.51. The van der Waals surface area contributed by atoms with Crippen LogP contribution in [0.5, 0.6) is 0 Å². The zero-order chi connectivity index (χ0) is 13.7. The van der Waals surface area contributed by atoms with E-state index in [4.69, 9.17) is 5.26 Å². The third-order valence-electron chi connectivity index (χ3n) is 2.19. The van der Waals surface area contributed by atoms with Gasteiger partial charge in [0.15, 0.2) is 0 Å². The highest BCUT2D eigenvalue weighted by atomic mass is 79.9. The lowest BCUT2D eigenvalue weighted by molar-refractivity contribution is -0.385. The molecule has 6 nitrogen and oxygen atoms in total. The minimum Gasteiger partial charge on any atom is -0.351 e. The average molecular weight is 312 g/mol. The lowest BCUT2D eigenvalue weighted by Gasteiger charge is -2.06. The summed E-state index contributed by atoms with van der Waals surface area (Å²) in [6.07, 6.45) is 0. The molecule has 18 heavy (non-hydrogen) atoms. The molecule has 1 aromatic rings. The molecule has 1 atom stereocenters. The number of nitrogens with one attached hydrogen (secondary N) is 1. The number of carbonyl (C=O) groups is 1. The molecule has 1 unspecified atom stereocenters. The fourth-order valence-electron chi connectivity index (χ4n) is 1.19. The summed E-state index contributed by atoms with van der Waals surface area (Å²) < 4.78 is 0.314. The maximum atomic E-state index is 11.7. The SMILES string of the molecule is CC(C#N)CNC(=O)c1ccc(Br)c([N+](=O)[O-])c1. The lowest BCUT2D eigenvalue weighted by Crippen LogP contribution is -2.27. The molecule has 0 fully saturated rings. The lowest BCUT2D eigenvalue weighted by atomic mass is 10.1. The summed E-state index contributed by atoms with van der Waals surface area (Å²) in [6, 6.07) is 6.09. The molecule has 1 amide bonds. The minimum atomic E-state index is -0.571. The van der Waals surface area contributed by atoms with Crippen LogP contribution in [0.3, 0.4) is 0 Å². The van der Waals surface area contributed by atoms with Crippen molar-refractivity contribution in [1.29, 1.82) is 5.26 Å². The first-order valence-corrected chi connectivity index (χ1v) is 5.86. The van der Waals surface area contributed by atoms with Crippen molar-refractivity contribution in [1.82, 2.24) is 5.32 Å². The molecule has 0 radical (unpaired) electrons. The second-order valence-corrected chi connectivity index (χ2v) is 4.52. The van der Waals surface area contributed by atoms with Crippen molar-refractivity contribution >= 4 is 27.5 Å². The highest BCUT2D eigenvalue weighted by Gasteiger charge is 2.16. The van der Waals surface area contributed by atoms with E-state index in [0.717, 1.165) is 0 Å². The number of carbonyl (C=O) groups excluding carboxylic acids is 1. The molecule has 0 aliphatic rings. The first-order chi connectivity index (χ1) is 8.45. The van der Waals surface area contributed by atoms with Gasteiger partial charge in [-0.1, -0.05) is 0 Å². The first-order valence-electron chi connectivity index (χ1n) is 5.07. The molecule has 1 aromatic carbocycles. The van der Waals surface area contributed by atoms with Crippen molar-refractivity contribution < 1.29 is 9.72 Å². The second kappa shape index (κ2) is 6.12. The summed E-state index contributed by atoms with van der Waals surface area (Å²) in [6.45, 7) is 1.88. The van der Waals surface area contributed by atoms with Crippen LogP contribution in [0.4, 0.5) is 5.69 Å². The normalized spacial score (nSPS) is 11.4. The van der Waals surface area contributed by atoms with E-state index in [1.54, 1.807) is 6.92 Å². The van der Waals surface area contributed by atoms with E-state index in [1.165, 1.54) is 18.2 Å². The third-order valence-corrected chi connectivity index (χ3v) is 2.86. The highest BCUT2D eigenvalue weighted by molar-refractivity contribution is 9.10. The van der Waals surface area contributed by atoms with Gasteiger partial charge in [-0.3, -0.25) is 14.9 Å². The zero-order valence-corrected chi connectivity index (χ0v) is 11.1. The van der Waals surface area contributed by atoms with Gasteiger partial charge in [0, 0.05) is 18.2 Å². The number of halogens is 1. The first kappa shape index (κ1) is 14.1. The number of nitro groups is 1. The van der Waals surface area contributed by atoms with Crippen molar-refractivity contribution in [3.8, 4) is 6.07 Å². The molecule has 0 aliphatic heterocycles. The topological polar surface area (TPSA) is 96.0 Å². The van der Waals surface area contributed by atoms with Gasteiger partial charge in [0.2, 0.25) is 0 Å². The van der Waals surface area contributed by atoms with E-state index in [9.17, 15) is 14.9 Å². The number of nitrogens with zero attached hydrogens (tertiary/aromatic N) is 2. The van der Waals surface area contributed by atoms with Gasteiger partial charge in [-0.25, -0.2) is 0 Å². The monoisotopic (exact) mass is 311 g/mol. The van der Waals surface area contributed by atoms with Crippen molar-refractivity contribution in [3.05, 3.63) is 38.3 Å². The summed E-state index contributed by atoms with van der Waals surface area (Å²) in [5, 5.41) is 21.8. The van der Waals surface area contributed by atoms with Gasteiger partial charge in [-0.15, -0.1) is 0 Å². The van der Waals surface area contributed by atoms with E-state index >= 15 is 0 Å². The molecule has 0 aliphatic carbocycles. The Bertz CT molecular complexity index is 525. The molecule has 0 bridgehead atoms. The Balaban J connectivity index is 2.84. The maximum Gasteiger partial charge on any atom is 0.284 e. The molecule has 1 rings (SSSR count). The van der Waals surface area contributed by atoms with Crippen LogP contribution in [-0.2, 0) is 0 Å². The quantitative estimate of drug-likeness (QED) is 0.681. The predicted molar refractivity (Wildman–Crippen MR) is 67.9 cm³/mol. The van der Waals surface area contributed by atoms with E-state index in [-0.39, 0.29) is 23.7 Å². The molecule has 7 heteroatoms. The Morgan fingerprint density at radius 3 is 2.89 bits per heavy atom. The second-order valence-electron chi connectivity index (χ2n) is 3.66. The van der Waals surface area contributed by atoms with Crippen molar-refractivity contribution in [2.75, 3.05) is 6.54 Å². The number of nitriles is 1. The van der Waals surface area contributed by atoms with Gasteiger partial charge in [-0.2, -0.15) is 5.26 Å². The fourth-order valence-corrected chi connectivity index (χ4v) is 1.58. The Hall–Kier alpha value is -1.94. The van der Waals surface area contributed by atoms with Crippen LogP contribution in [0.25, 0.3) is 0 Å². The molecule has 0 saturated carbocycles. The van der Waals surface area contributed by atoms with E-state index in [1.807, 2.05) is 6.07 Å². The van der Waals surface area contributed by atoms with Crippen LogP contribution in [0, 0.1) is 27.4 Å². The summed E-state index contributed by atoms with van der Waals surface area (Å²) in [5.74, 6) is -0.743. The molecule has 0 spiro atoms. The van der Waals surface area contributed by atoms with Gasteiger partial charge in [0.1, 0.15) is 0 Å². The summed E-state index contributed by atoms with van der Waals surface area (Å²) in [7, 11) is 0. The van der Waals surface area contributed by atoms with Crippen molar-refractivity contribution in [2.24, 2.45) is 5.92 Å². The number of nitro benzene ring substituents is 1. The standard InChI is InChI=1S/C11H10BrN3O3/c1-7(5-13)6-14-11(16)8-2-3-9(12)10(4-8)15(17)18/h2-4,7H,6H2,1H3,(H,14,16). The minimum absolute atomic E-state index is 0.170. The van der Waals surface area contributed by atoms with Crippen LogP contribution < -0.4 is 5.32 Å². The predicted octanol–water partition coefficient (Wildman–Crippen LogP) is 2.25. The number of amides is 1. The Labute approximate surface area is 112 Å². The molecule has 0 heterocycles. The smallest absolute Gasteiger partial charge is 0.284 e. The van der Waals surface area contributed by atoms with Crippen molar-refractivity contribution in [3.63, 3.8) is 0 Å². The summed E-state index contributed by atoms with van der Waals surface area (Å²) >= 11 is 3.04. The van der Waals surface area contributed by atoms with Gasteiger partial charge in [0.05, 0.1) is 21.4 Å². The third kappa shape index (κ3) is 3.53. The molecule has 94 valence electrons. The maximum absolute atomic E-state index is 11.7. The fraction of sp³-hybridized carbons (Fsp3) is 0.273. The van der Waals surface area contributed by atoms with Crippen LogP contribution in [0.1, 0.15) is 17.3 Å². The Kier molecular flexibility index (Phi) is 4.80.